The number of nitrogens with one attached hydrogen (secondary N) is 2. The van der Waals surface area contributed by atoms with Gasteiger partial charge in [0.2, 0.25) is 5.91 Å². The van der Waals surface area contributed by atoms with Crippen molar-refractivity contribution in [3.05, 3.63) is 11.3 Å². The van der Waals surface area contributed by atoms with Gasteiger partial charge in [0.05, 0.1) is 6.54 Å². The molecule has 0 aliphatic rings. The number of carbonyl (C=O) groups excluding carboxylic acids is 2. The molecule has 0 bridgehead atoms. The van der Waals surface area contributed by atoms with E-state index < -0.39 is 0 Å². The molecule has 0 atom stereocenters. The predicted molar refractivity (Wildman–Crippen MR) is 68.0 cm³/mol. The summed E-state index contributed by atoms with van der Waals surface area (Å²) in [5.74, 6) is -0.323. The fraction of sp³-hybridized carbons (Fsp3) is 0.545. The second kappa shape index (κ2) is 6.04. The van der Waals surface area contributed by atoms with Crippen LogP contribution in [0.15, 0.2) is 0 Å². The normalized spacial score (nSPS) is 10.2. The minimum Gasteiger partial charge on any atom is -0.382 e. The fourth-order valence-electron chi connectivity index (χ4n) is 1.65. The van der Waals surface area contributed by atoms with Gasteiger partial charge in [-0.1, -0.05) is 6.92 Å². The molecule has 100 valence electrons. The summed E-state index contributed by atoms with van der Waals surface area (Å²) in [7, 11) is 1.54. The van der Waals surface area contributed by atoms with Gasteiger partial charge >= 0.3 is 0 Å². The molecule has 2 amide bonds. The second-order valence-corrected chi connectivity index (χ2v) is 4.01. The van der Waals surface area contributed by atoms with Crippen LogP contribution >= 0.6 is 0 Å². The molecule has 0 radical (unpaired) electrons. The summed E-state index contributed by atoms with van der Waals surface area (Å²) < 4.78 is 0. The summed E-state index contributed by atoms with van der Waals surface area (Å²) in [5.41, 5.74) is 6.60. The van der Waals surface area contributed by atoms with Gasteiger partial charge in [-0.25, -0.2) is 0 Å². The number of nitrogens with two attached hydrogens (primary N) is 1. The molecular weight excluding hydrogens is 234 g/mol. The maximum Gasteiger partial charge on any atom is 0.259 e. The van der Waals surface area contributed by atoms with Crippen molar-refractivity contribution < 1.29 is 9.59 Å². The zero-order valence-corrected chi connectivity index (χ0v) is 10.9. The lowest BCUT2D eigenvalue weighted by atomic mass is 10.2. The Labute approximate surface area is 106 Å². The number of hydrogen-bond acceptors (Lipinski definition) is 4. The number of amides is 2. The van der Waals surface area contributed by atoms with Crippen molar-refractivity contribution >= 4 is 17.6 Å². The number of anilines is 1. The third-order valence-electron chi connectivity index (χ3n) is 2.58. The first kappa shape index (κ1) is 14.0. The summed E-state index contributed by atoms with van der Waals surface area (Å²) >= 11 is 0. The van der Waals surface area contributed by atoms with Crippen LogP contribution in [0.5, 0.6) is 0 Å². The topological polar surface area (TPSA) is 104 Å². The lowest BCUT2D eigenvalue weighted by Gasteiger charge is -2.21. The minimum atomic E-state index is -0.274. The van der Waals surface area contributed by atoms with Gasteiger partial charge in [0.15, 0.2) is 5.82 Å². The van der Waals surface area contributed by atoms with Crippen LogP contribution in [0, 0.1) is 6.92 Å². The van der Waals surface area contributed by atoms with E-state index in [1.165, 1.54) is 11.9 Å². The zero-order valence-electron chi connectivity index (χ0n) is 10.9. The van der Waals surface area contributed by atoms with E-state index >= 15 is 0 Å². The number of rotatable bonds is 5. The molecular formula is C11H19N5O2. The minimum absolute atomic E-state index is 0.0211. The van der Waals surface area contributed by atoms with Crippen LogP contribution < -0.4 is 11.1 Å². The Kier molecular flexibility index (Phi) is 4.70. The van der Waals surface area contributed by atoms with E-state index in [1.54, 1.807) is 6.92 Å². The standard InChI is InChI=1S/C11H19N5O2/c1-4-5-16(6-8(17)13-3)11(18)9-7(2)14-15-10(9)12/h4-6H2,1-3H3,(H,13,17)(H3,12,14,15). The van der Waals surface area contributed by atoms with Crippen molar-refractivity contribution in [2.75, 3.05) is 25.9 Å². The van der Waals surface area contributed by atoms with Crippen molar-refractivity contribution in [2.45, 2.75) is 20.3 Å². The molecule has 0 aliphatic heterocycles. The number of likely N-dealkylation sites (N-methyl/N-ethyl adjacent to an activating group) is 1. The van der Waals surface area contributed by atoms with Gasteiger partial charge in [-0.15, -0.1) is 0 Å². The summed E-state index contributed by atoms with van der Waals surface area (Å²) in [5, 5.41) is 8.94. The SMILES string of the molecule is CCCN(CC(=O)NC)C(=O)c1c(N)n[nH]c1C. The number of H-pyrrole nitrogens is 1. The molecule has 1 heterocycles. The molecule has 0 fully saturated rings. The molecule has 0 aliphatic carbocycles. The van der Waals surface area contributed by atoms with Crippen LogP contribution in [0.1, 0.15) is 29.4 Å². The Morgan fingerprint density at radius 2 is 2.17 bits per heavy atom. The van der Waals surface area contributed by atoms with Crippen molar-refractivity contribution in [3.8, 4) is 0 Å². The van der Waals surface area contributed by atoms with Crippen LogP contribution in [-0.4, -0.2) is 47.0 Å². The lowest BCUT2D eigenvalue weighted by molar-refractivity contribution is -0.121. The molecule has 18 heavy (non-hydrogen) atoms. The molecule has 1 aromatic heterocycles. The van der Waals surface area contributed by atoms with Crippen LogP contribution in [0.3, 0.4) is 0 Å². The van der Waals surface area contributed by atoms with E-state index in [1.807, 2.05) is 6.92 Å². The summed E-state index contributed by atoms with van der Waals surface area (Å²) in [6.45, 7) is 4.18. The van der Waals surface area contributed by atoms with E-state index in [0.29, 0.717) is 17.8 Å². The summed E-state index contributed by atoms with van der Waals surface area (Å²) in [6, 6.07) is 0. The summed E-state index contributed by atoms with van der Waals surface area (Å²) in [6.07, 6.45) is 0.763. The highest BCUT2D eigenvalue weighted by Crippen LogP contribution is 2.15. The van der Waals surface area contributed by atoms with Gasteiger partial charge in [0.25, 0.3) is 5.91 Å². The maximum atomic E-state index is 12.3. The number of nitrogen functional groups attached to an aromatic ring is 1. The Bertz CT molecular complexity index is 421. The first-order valence-corrected chi connectivity index (χ1v) is 5.81. The number of carbonyl (C=O) groups is 2. The Balaban J connectivity index is 2.92. The van der Waals surface area contributed by atoms with E-state index in [9.17, 15) is 9.59 Å². The summed E-state index contributed by atoms with van der Waals surface area (Å²) in [4.78, 5) is 25.1. The van der Waals surface area contributed by atoms with Crippen molar-refractivity contribution in [1.82, 2.24) is 20.4 Å². The van der Waals surface area contributed by atoms with Gasteiger partial charge < -0.3 is 16.0 Å². The molecule has 0 saturated carbocycles. The van der Waals surface area contributed by atoms with E-state index in [-0.39, 0.29) is 24.2 Å². The Morgan fingerprint density at radius 1 is 1.50 bits per heavy atom. The molecule has 7 heteroatoms. The molecule has 0 saturated heterocycles. The largest absolute Gasteiger partial charge is 0.382 e. The van der Waals surface area contributed by atoms with E-state index in [0.717, 1.165) is 6.42 Å². The van der Waals surface area contributed by atoms with E-state index in [4.69, 9.17) is 5.73 Å². The number of aromatic amines is 1. The molecule has 7 nitrogen and oxygen atoms in total. The third-order valence-corrected chi connectivity index (χ3v) is 2.58. The van der Waals surface area contributed by atoms with Crippen LogP contribution in [0.2, 0.25) is 0 Å². The monoisotopic (exact) mass is 253 g/mol. The predicted octanol–water partition coefficient (Wildman–Crippen LogP) is -0.101. The first-order chi connectivity index (χ1) is 8.51. The number of aromatic nitrogens is 2. The second-order valence-electron chi connectivity index (χ2n) is 4.01. The van der Waals surface area contributed by atoms with Gasteiger partial charge in [0, 0.05) is 19.3 Å². The molecule has 0 unspecified atom stereocenters. The van der Waals surface area contributed by atoms with Gasteiger partial charge in [-0.2, -0.15) is 5.10 Å². The third kappa shape index (κ3) is 2.99. The van der Waals surface area contributed by atoms with E-state index in [2.05, 4.69) is 15.5 Å². The van der Waals surface area contributed by atoms with Gasteiger partial charge in [-0.05, 0) is 13.3 Å². The quantitative estimate of drug-likeness (QED) is 0.681. The highest BCUT2D eigenvalue weighted by Gasteiger charge is 2.23. The smallest absolute Gasteiger partial charge is 0.259 e. The molecule has 1 aromatic rings. The van der Waals surface area contributed by atoms with Crippen molar-refractivity contribution in [3.63, 3.8) is 0 Å². The lowest BCUT2D eigenvalue weighted by Crippen LogP contribution is -2.40. The molecule has 0 aromatic carbocycles. The average molecular weight is 253 g/mol. The van der Waals surface area contributed by atoms with Crippen LogP contribution in [0.25, 0.3) is 0 Å². The first-order valence-electron chi connectivity index (χ1n) is 5.81. The van der Waals surface area contributed by atoms with Crippen molar-refractivity contribution in [1.29, 1.82) is 0 Å². The number of aryl methyl sites for hydroxylation is 1. The van der Waals surface area contributed by atoms with Gasteiger partial charge in [0.1, 0.15) is 5.56 Å². The van der Waals surface area contributed by atoms with Gasteiger partial charge in [-0.3, -0.25) is 14.7 Å². The highest BCUT2D eigenvalue weighted by molar-refractivity contribution is 6.01. The highest BCUT2D eigenvalue weighted by atomic mass is 16.2. The molecule has 1 rings (SSSR count). The molecule has 4 N–H and O–H groups in total. The van der Waals surface area contributed by atoms with Crippen LogP contribution in [0.4, 0.5) is 5.82 Å². The van der Waals surface area contributed by atoms with Crippen LogP contribution in [-0.2, 0) is 4.79 Å². The average Bonchev–Trinajstić information content (AvgIpc) is 2.67. The Hall–Kier alpha value is -2.05. The maximum absolute atomic E-state index is 12.3. The number of hydrogen-bond donors (Lipinski definition) is 3. The zero-order chi connectivity index (χ0) is 13.7. The Morgan fingerprint density at radius 3 is 2.61 bits per heavy atom. The number of nitrogens with zero attached hydrogens (tertiary/aromatic N) is 2. The fourth-order valence-corrected chi connectivity index (χ4v) is 1.65. The van der Waals surface area contributed by atoms with Crippen molar-refractivity contribution in [2.24, 2.45) is 0 Å². The molecule has 0 spiro atoms.